The molecule has 0 saturated heterocycles. The Kier molecular flexibility index (Phi) is 9.57. The summed E-state index contributed by atoms with van der Waals surface area (Å²) in [5.41, 5.74) is 10.2. The van der Waals surface area contributed by atoms with E-state index in [4.69, 9.17) is 19.9 Å². The van der Waals surface area contributed by atoms with Crippen molar-refractivity contribution in [3.63, 3.8) is 0 Å². The minimum absolute atomic E-state index is 0.477. The molecule has 0 aliphatic carbocycles. The van der Waals surface area contributed by atoms with Crippen molar-refractivity contribution in [2.75, 3.05) is 9.80 Å². The lowest BCUT2D eigenvalue weighted by atomic mass is 10.1. The summed E-state index contributed by atoms with van der Waals surface area (Å²) in [6.45, 7) is 0. The Morgan fingerprint density at radius 3 is 1.04 bits per heavy atom. The van der Waals surface area contributed by atoms with Gasteiger partial charge in [-0.25, -0.2) is 9.97 Å². The highest BCUT2D eigenvalue weighted by Gasteiger charge is 2.23. The van der Waals surface area contributed by atoms with Crippen LogP contribution in [0.4, 0.5) is 34.4 Å². The quantitative estimate of drug-likeness (QED) is 0.140. The zero-order chi connectivity index (χ0) is 37.5. The SMILES string of the molecule is c1ccc(-c2cc(N(c3cccc(N(c4ccccc4)c4ccccc4)c3)c3nc(-c4ccccc4)nc(-c4ccccc4)n3)cc(-c3ccccc3)n2)cc1. The van der Waals surface area contributed by atoms with Crippen LogP contribution in [0.2, 0.25) is 0 Å². The van der Waals surface area contributed by atoms with E-state index in [9.17, 15) is 0 Å². The van der Waals surface area contributed by atoms with Crippen LogP contribution in [-0.2, 0) is 0 Å². The van der Waals surface area contributed by atoms with Gasteiger partial charge >= 0.3 is 0 Å². The molecule has 2 aromatic heterocycles. The maximum absolute atomic E-state index is 5.25. The first-order chi connectivity index (χ1) is 27.8. The van der Waals surface area contributed by atoms with Crippen molar-refractivity contribution >= 4 is 34.4 Å². The first-order valence-electron chi connectivity index (χ1n) is 18.6. The Balaban J connectivity index is 1.31. The van der Waals surface area contributed by atoms with E-state index in [0.717, 1.165) is 62.1 Å². The second-order valence-electron chi connectivity index (χ2n) is 13.2. The van der Waals surface area contributed by atoms with E-state index >= 15 is 0 Å². The second kappa shape index (κ2) is 15.7. The second-order valence-corrected chi connectivity index (χ2v) is 13.2. The van der Waals surface area contributed by atoms with E-state index in [0.29, 0.717) is 17.6 Å². The van der Waals surface area contributed by atoms with Gasteiger partial charge in [0.15, 0.2) is 11.6 Å². The van der Waals surface area contributed by atoms with Crippen molar-refractivity contribution in [1.82, 2.24) is 19.9 Å². The van der Waals surface area contributed by atoms with Crippen LogP contribution in [-0.4, -0.2) is 19.9 Å². The molecule has 0 radical (unpaired) electrons. The summed E-state index contributed by atoms with van der Waals surface area (Å²) >= 11 is 0. The summed E-state index contributed by atoms with van der Waals surface area (Å²) in [4.78, 5) is 25.1. The molecule has 9 rings (SSSR count). The van der Waals surface area contributed by atoms with Gasteiger partial charge in [0.25, 0.3) is 0 Å². The molecule has 7 aromatic carbocycles. The normalized spacial score (nSPS) is 10.9. The highest BCUT2D eigenvalue weighted by atomic mass is 15.3. The molecule has 0 aliphatic rings. The number of hydrogen-bond acceptors (Lipinski definition) is 6. The maximum atomic E-state index is 5.25. The molecule has 0 unspecified atom stereocenters. The third-order valence-corrected chi connectivity index (χ3v) is 9.47. The average molecular weight is 721 g/mol. The van der Waals surface area contributed by atoms with Crippen molar-refractivity contribution in [3.8, 4) is 45.3 Å². The van der Waals surface area contributed by atoms with E-state index in [1.165, 1.54) is 0 Å². The minimum atomic E-state index is 0.477. The van der Waals surface area contributed by atoms with Crippen LogP contribution < -0.4 is 9.80 Å². The summed E-state index contributed by atoms with van der Waals surface area (Å²) in [6, 6.07) is 74.3. The summed E-state index contributed by atoms with van der Waals surface area (Å²) in [7, 11) is 0. The molecule has 56 heavy (non-hydrogen) atoms. The molecule has 9 aromatic rings. The summed E-state index contributed by atoms with van der Waals surface area (Å²) < 4.78 is 0. The summed E-state index contributed by atoms with van der Waals surface area (Å²) in [5, 5.41) is 0. The number of para-hydroxylation sites is 2. The van der Waals surface area contributed by atoms with Gasteiger partial charge in [-0.2, -0.15) is 9.97 Å². The first-order valence-corrected chi connectivity index (χ1v) is 18.6. The topological polar surface area (TPSA) is 58.0 Å². The fourth-order valence-electron chi connectivity index (χ4n) is 6.81. The van der Waals surface area contributed by atoms with E-state index in [2.05, 4.69) is 119 Å². The lowest BCUT2D eigenvalue weighted by Crippen LogP contribution is -2.17. The van der Waals surface area contributed by atoms with Crippen molar-refractivity contribution in [2.24, 2.45) is 0 Å². The van der Waals surface area contributed by atoms with Gasteiger partial charge in [-0.3, -0.25) is 4.90 Å². The van der Waals surface area contributed by atoms with E-state index in [-0.39, 0.29) is 0 Å². The van der Waals surface area contributed by atoms with E-state index < -0.39 is 0 Å². The third-order valence-electron chi connectivity index (χ3n) is 9.47. The lowest BCUT2D eigenvalue weighted by molar-refractivity contribution is 1.02. The molecule has 0 aliphatic heterocycles. The fraction of sp³-hybridized carbons (Fsp3) is 0. The number of anilines is 6. The Bertz CT molecular complexity index is 2390. The van der Waals surface area contributed by atoms with Gasteiger partial charge in [0, 0.05) is 39.3 Å². The van der Waals surface area contributed by atoms with Crippen LogP contribution >= 0.6 is 0 Å². The number of aromatic nitrogens is 4. The zero-order valence-corrected chi connectivity index (χ0v) is 30.5. The molecule has 0 spiro atoms. The monoisotopic (exact) mass is 720 g/mol. The number of nitrogens with zero attached hydrogens (tertiary/aromatic N) is 6. The van der Waals surface area contributed by atoms with E-state index in [1.807, 2.05) is 109 Å². The van der Waals surface area contributed by atoms with Gasteiger partial charge in [0.1, 0.15) is 0 Å². The molecule has 0 fully saturated rings. The highest BCUT2D eigenvalue weighted by Crippen LogP contribution is 2.41. The number of pyridine rings is 1. The molecule has 0 atom stereocenters. The largest absolute Gasteiger partial charge is 0.310 e. The molecular weight excluding hydrogens is 685 g/mol. The van der Waals surface area contributed by atoms with Gasteiger partial charge in [0.05, 0.1) is 22.8 Å². The van der Waals surface area contributed by atoms with Crippen molar-refractivity contribution in [2.45, 2.75) is 0 Å². The van der Waals surface area contributed by atoms with Gasteiger partial charge < -0.3 is 4.90 Å². The Hall–Kier alpha value is -7.70. The predicted octanol–water partition coefficient (Wildman–Crippen LogP) is 12.9. The smallest absolute Gasteiger partial charge is 0.238 e. The molecule has 0 saturated carbocycles. The molecule has 6 nitrogen and oxygen atoms in total. The van der Waals surface area contributed by atoms with Gasteiger partial charge in [-0.15, -0.1) is 0 Å². The average Bonchev–Trinajstić information content (AvgIpc) is 3.28. The summed E-state index contributed by atoms with van der Waals surface area (Å²) in [6.07, 6.45) is 0. The molecular formula is C50H36N6. The molecule has 0 bridgehead atoms. The van der Waals surface area contributed by atoms with Crippen molar-refractivity contribution < 1.29 is 0 Å². The Labute approximate surface area is 326 Å². The zero-order valence-electron chi connectivity index (χ0n) is 30.5. The Morgan fingerprint density at radius 1 is 0.250 bits per heavy atom. The Morgan fingerprint density at radius 2 is 0.607 bits per heavy atom. The van der Waals surface area contributed by atoms with Gasteiger partial charge in [-0.1, -0.05) is 164 Å². The summed E-state index contributed by atoms with van der Waals surface area (Å²) in [5.74, 6) is 1.63. The van der Waals surface area contributed by atoms with Crippen molar-refractivity contribution in [1.29, 1.82) is 0 Å². The van der Waals surface area contributed by atoms with Crippen LogP contribution in [0.1, 0.15) is 0 Å². The molecule has 2 heterocycles. The molecule has 0 N–H and O–H groups in total. The number of rotatable bonds is 10. The van der Waals surface area contributed by atoms with Gasteiger partial charge in [0.2, 0.25) is 5.95 Å². The van der Waals surface area contributed by atoms with E-state index in [1.54, 1.807) is 0 Å². The predicted molar refractivity (Wildman–Crippen MR) is 229 cm³/mol. The molecule has 0 amide bonds. The number of benzene rings is 7. The molecule has 266 valence electrons. The highest BCUT2D eigenvalue weighted by molar-refractivity contribution is 5.84. The van der Waals surface area contributed by atoms with Crippen LogP contribution in [0.3, 0.4) is 0 Å². The van der Waals surface area contributed by atoms with Crippen LogP contribution in [0.5, 0.6) is 0 Å². The maximum Gasteiger partial charge on any atom is 0.238 e. The van der Waals surface area contributed by atoms with Crippen LogP contribution in [0, 0.1) is 0 Å². The lowest BCUT2D eigenvalue weighted by Gasteiger charge is -2.29. The molecule has 6 heteroatoms. The van der Waals surface area contributed by atoms with Crippen molar-refractivity contribution in [3.05, 3.63) is 218 Å². The minimum Gasteiger partial charge on any atom is -0.310 e. The number of hydrogen-bond donors (Lipinski definition) is 0. The first kappa shape index (κ1) is 34.1. The fourth-order valence-corrected chi connectivity index (χ4v) is 6.81. The van der Waals surface area contributed by atoms with Crippen LogP contribution in [0.25, 0.3) is 45.3 Å². The van der Waals surface area contributed by atoms with Gasteiger partial charge in [-0.05, 0) is 54.6 Å². The van der Waals surface area contributed by atoms with Crippen LogP contribution in [0.15, 0.2) is 218 Å². The third kappa shape index (κ3) is 7.27. The standard InChI is InChI=1S/C50H36N6/c1-7-20-37(21-8-1)46-35-45(36-47(51-46)38-22-9-2-10-23-38)56(50-53-48(39-24-11-3-12-25-39)52-49(54-50)40-26-13-4-14-27-40)44-33-19-32-43(34-44)55(41-28-15-5-16-29-41)42-30-17-6-18-31-42/h1-36H.